The summed E-state index contributed by atoms with van der Waals surface area (Å²) in [5.74, 6) is -0.303. The Morgan fingerprint density at radius 2 is 1.90 bits per heavy atom. The van der Waals surface area contributed by atoms with Gasteiger partial charge in [-0.2, -0.15) is 0 Å². The van der Waals surface area contributed by atoms with E-state index in [1.54, 1.807) is 12.1 Å². The summed E-state index contributed by atoms with van der Waals surface area (Å²) < 4.78 is 13.3. The molecular weight excluding hydrogens is 253 g/mol. The van der Waals surface area contributed by atoms with Gasteiger partial charge in [-0.25, -0.2) is 4.39 Å². The number of ketones is 1. The molecule has 2 nitrogen and oxygen atoms in total. The number of aryl methyl sites for hydroxylation is 1. The van der Waals surface area contributed by atoms with Crippen molar-refractivity contribution in [2.45, 2.75) is 13.3 Å². The van der Waals surface area contributed by atoms with Crippen molar-refractivity contribution >= 4 is 11.5 Å². The van der Waals surface area contributed by atoms with Crippen LogP contribution in [0.2, 0.25) is 0 Å². The fraction of sp³-hybridized carbons (Fsp3) is 0.235. The smallest absolute Gasteiger partial charge is 0.167 e. The third kappa shape index (κ3) is 3.23. The van der Waals surface area contributed by atoms with E-state index in [-0.39, 0.29) is 18.0 Å². The molecule has 0 saturated heterocycles. The topological polar surface area (TPSA) is 20.3 Å². The molecule has 0 saturated carbocycles. The quantitative estimate of drug-likeness (QED) is 0.791. The molecule has 0 fully saturated rings. The molecule has 0 aliphatic carbocycles. The zero-order valence-electron chi connectivity index (χ0n) is 12.0. The highest BCUT2D eigenvalue weighted by atomic mass is 19.1. The average Bonchev–Trinajstić information content (AvgIpc) is 2.43. The van der Waals surface area contributed by atoms with Crippen LogP contribution in [-0.2, 0) is 6.42 Å². The lowest BCUT2D eigenvalue weighted by atomic mass is 9.99. The second-order valence-electron chi connectivity index (χ2n) is 5.12. The van der Waals surface area contributed by atoms with Crippen molar-refractivity contribution < 1.29 is 9.18 Å². The van der Waals surface area contributed by atoms with E-state index in [0.29, 0.717) is 5.56 Å². The van der Waals surface area contributed by atoms with Crippen LogP contribution in [0.3, 0.4) is 0 Å². The van der Waals surface area contributed by atoms with Crippen LogP contribution in [0.25, 0.3) is 0 Å². The van der Waals surface area contributed by atoms with Crippen LogP contribution in [0, 0.1) is 12.7 Å². The van der Waals surface area contributed by atoms with Crippen LogP contribution in [0.4, 0.5) is 10.1 Å². The van der Waals surface area contributed by atoms with Gasteiger partial charge in [-0.1, -0.05) is 18.2 Å². The van der Waals surface area contributed by atoms with Gasteiger partial charge in [0.15, 0.2) is 5.78 Å². The summed E-state index contributed by atoms with van der Waals surface area (Å²) in [4.78, 5) is 14.3. The summed E-state index contributed by atoms with van der Waals surface area (Å²) in [6.07, 6.45) is 0.223. The van der Waals surface area contributed by atoms with Gasteiger partial charge in [0.25, 0.3) is 0 Å². The van der Waals surface area contributed by atoms with Crippen LogP contribution < -0.4 is 4.90 Å². The molecule has 2 aromatic rings. The van der Waals surface area contributed by atoms with Gasteiger partial charge < -0.3 is 4.90 Å². The van der Waals surface area contributed by atoms with Crippen molar-refractivity contribution in [1.29, 1.82) is 0 Å². The average molecular weight is 271 g/mol. The Bertz CT molecular complexity index is 635. The Morgan fingerprint density at radius 3 is 2.60 bits per heavy atom. The zero-order valence-corrected chi connectivity index (χ0v) is 12.0. The molecule has 0 aliphatic heterocycles. The first-order valence-electron chi connectivity index (χ1n) is 6.53. The van der Waals surface area contributed by atoms with Crippen LogP contribution in [0.5, 0.6) is 0 Å². The van der Waals surface area contributed by atoms with Gasteiger partial charge in [0.2, 0.25) is 0 Å². The third-order valence-electron chi connectivity index (χ3n) is 3.35. The van der Waals surface area contributed by atoms with E-state index in [1.807, 2.05) is 44.1 Å². The van der Waals surface area contributed by atoms with Gasteiger partial charge in [-0.3, -0.25) is 4.79 Å². The highest BCUT2D eigenvalue weighted by molar-refractivity contribution is 5.98. The molecule has 104 valence electrons. The maximum Gasteiger partial charge on any atom is 0.167 e. The minimum Gasteiger partial charge on any atom is -0.378 e. The molecule has 0 atom stereocenters. The standard InChI is InChI=1S/C17H18FNO/c1-12-7-8-15(18)9-14(12)11-17(20)13-5-4-6-16(10-13)19(2)3/h4-10H,11H2,1-3H3. The van der Waals surface area contributed by atoms with Gasteiger partial charge in [0, 0.05) is 31.8 Å². The molecule has 20 heavy (non-hydrogen) atoms. The first kappa shape index (κ1) is 14.3. The summed E-state index contributed by atoms with van der Waals surface area (Å²) in [7, 11) is 3.86. The van der Waals surface area contributed by atoms with Gasteiger partial charge in [0.1, 0.15) is 5.82 Å². The number of carbonyl (C=O) groups excluding carboxylic acids is 1. The molecule has 0 spiro atoms. The van der Waals surface area contributed by atoms with Crippen molar-refractivity contribution in [2.24, 2.45) is 0 Å². The number of anilines is 1. The lowest BCUT2D eigenvalue weighted by molar-refractivity contribution is 0.0993. The normalized spacial score (nSPS) is 10.4. The van der Waals surface area contributed by atoms with Crippen LogP contribution >= 0.6 is 0 Å². The molecule has 0 unspecified atom stereocenters. The number of rotatable bonds is 4. The zero-order chi connectivity index (χ0) is 14.7. The van der Waals surface area contributed by atoms with Gasteiger partial charge >= 0.3 is 0 Å². The molecule has 3 heteroatoms. The second kappa shape index (κ2) is 5.87. The van der Waals surface area contributed by atoms with E-state index in [4.69, 9.17) is 0 Å². The fourth-order valence-corrected chi connectivity index (χ4v) is 2.06. The molecule has 0 aliphatic rings. The molecule has 0 radical (unpaired) electrons. The first-order valence-corrected chi connectivity index (χ1v) is 6.53. The third-order valence-corrected chi connectivity index (χ3v) is 3.35. The van der Waals surface area contributed by atoms with Crippen molar-refractivity contribution in [2.75, 3.05) is 19.0 Å². The van der Waals surface area contributed by atoms with Crippen molar-refractivity contribution in [1.82, 2.24) is 0 Å². The van der Waals surface area contributed by atoms with Crippen LogP contribution in [0.15, 0.2) is 42.5 Å². The Labute approximate surface area is 118 Å². The van der Waals surface area contributed by atoms with Crippen molar-refractivity contribution in [3.63, 3.8) is 0 Å². The number of Topliss-reactive ketones (excluding diaryl/α,β-unsaturated/α-hetero) is 1. The molecule has 2 rings (SSSR count). The number of nitrogens with zero attached hydrogens (tertiary/aromatic N) is 1. The summed E-state index contributed by atoms with van der Waals surface area (Å²) >= 11 is 0. The monoisotopic (exact) mass is 271 g/mol. The van der Waals surface area contributed by atoms with Crippen LogP contribution in [0.1, 0.15) is 21.5 Å². The molecule has 0 bridgehead atoms. The van der Waals surface area contributed by atoms with E-state index in [0.717, 1.165) is 16.8 Å². The number of halogens is 1. The second-order valence-corrected chi connectivity index (χ2v) is 5.12. The Morgan fingerprint density at radius 1 is 1.15 bits per heavy atom. The summed E-state index contributed by atoms with van der Waals surface area (Å²) in [6.45, 7) is 1.89. The largest absolute Gasteiger partial charge is 0.378 e. The van der Waals surface area contributed by atoms with Crippen LogP contribution in [-0.4, -0.2) is 19.9 Å². The predicted octanol–water partition coefficient (Wildman–Crippen LogP) is 3.63. The van der Waals surface area contributed by atoms with E-state index in [9.17, 15) is 9.18 Å². The van der Waals surface area contributed by atoms with Crippen molar-refractivity contribution in [3.05, 3.63) is 65.0 Å². The lowest BCUT2D eigenvalue weighted by Crippen LogP contribution is -2.11. The Kier molecular flexibility index (Phi) is 4.18. The maximum absolute atomic E-state index is 13.3. The van der Waals surface area contributed by atoms with E-state index in [1.165, 1.54) is 12.1 Å². The maximum atomic E-state index is 13.3. The molecule has 0 heterocycles. The van der Waals surface area contributed by atoms with Gasteiger partial charge in [0.05, 0.1) is 0 Å². The predicted molar refractivity (Wildman–Crippen MR) is 79.9 cm³/mol. The van der Waals surface area contributed by atoms with E-state index >= 15 is 0 Å². The fourth-order valence-electron chi connectivity index (χ4n) is 2.06. The minimum atomic E-state index is -0.305. The first-order chi connectivity index (χ1) is 9.47. The SMILES string of the molecule is Cc1ccc(F)cc1CC(=O)c1cccc(N(C)C)c1. The number of benzene rings is 2. The Balaban J connectivity index is 2.24. The molecule has 2 aromatic carbocycles. The lowest BCUT2D eigenvalue weighted by Gasteiger charge is -2.13. The summed E-state index contributed by atoms with van der Waals surface area (Å²) in [5.41, 5.74) is 3.31. The molecule has 0 aromatic heterocycles. The van der Waals surface area contributed by atoms with E-state index < -0.39 is 0 Å². The highest BCUT2D eigenvalue weighted by Crippen LogP contribution is 2.17. The minimum absolute atomic E-state index is 0.00222. The van der Waals surface area contributed by atoms with Gasteiger partial charge in [-0.15, -0.1) is 0 Å². The van der Waals surface area contributed by atoms with Crippen molar-refractivity contribution in [3.8, 4) is 0 Å². The molecule has 0 amide bonds. The number of carbonyl (C=O) groups is 1. The number of hydrogen-bond donors (Lipinski definition) is 0. The number of hydrogen-bond acceptors (Lipinski definition) is 2. The summed E-state index contributed by atoms with van der Waals surface area (Å²) in [6, 6.07) is 12.0. The van der Waals surface area contributed by atoms with E-state index in [2.05, 4.69) is 0 Å². The Hall–Kier alpha value is -2.16. The summed E-state index contributed by atoms with van der Waals surface area (Å²) in [5, 5.41) is 0. The van der Waals surface area contributed by atoms with Gasteiger partial charge in [-0.05, 0) is 42.3 Å². The highest BCUT2D eigenvalue weighted by Gasteiger charge is 2.10. The molecule has 0 N–H and O–H groups in total. The molecular formula is C17H18FNO.